The second-order valence-electron chi connectivity index (χ2n) is 10.0. The standard InChI is InChI=1S/C31H34N2O2/c1-6-10-25-17-21(2)29(22(3)18-25)30-27(34)19-31(20-28(30)35)13-15-33(16-14-31)24(5)32-23(4)26-11-8-7-9-12-26/h7-9,11-12,17-18,30,32H,4-5,13-16,19-20H2,1-3H3. The number of aryl methyl sites for hydroxylation is 2. The minimum absolute atomic E-state index is 0.0598. The Morgan fingerprint density at radius 3 is 2.11 bits per heavy atom. The fourth-order valence-corrected chi connectivity index (χ4v) is 5.72. The number of rotatable bonds is 5. The molecule has 4 nitrogen and oxygen atoms in total. The maximum atomic E-state index is 13.4. The van der Waals surface area contributed by atoms with Crippen molar-refractivity contribution in [2.75, 3.05) is 13.1 Å². The van der Waals surface area contributed by atoms with Crippen molar-refractivity contribution in [1.29, 1.82) is 0 Å². The molecule has 0 amide bonds. The van der Waals surface area contributed by atoms with Crippen molar-refractivity contribution >= 4 is 17.3 Å². The molecule has 1 spiro atoms. The summed E-state index contributed by atoms with van der Waals surface area (Å²) in [7, 11) is 0. The highest BCUT2D eigenvalue weighted by Gasteiger charge is 2.47. The summed E-state index contributed by atoms with van der Waals surface area (Å²) in [6.45, 7) is 15.6. The van der Waals surface area contributed by atoms with Gasteiger partial charge in [-0.2, -0.15) is 0 Å². The van der Waals surface area contributed by atoms with E-state index in [9.17, 15) is 9.59 Å². The van der Waals surface area contributed by atoms with Crippen molar-refractivity contribution in [2.24, 2.45) is 5.41 Å². The highest BCUT2D eigenvalue weighted by molar-refractivity contribution is 6.10. The van der Waals surface area contributed by atoms with Crippen LogP contribution in [-0.2, 0) is 9.59 Å². The quantitative estimate of drug-likeness (QED) is 0.467. The van der Waals surface area contributed by atoms with Crippen molar-refractivity contribution in [2.45, 2.75) is 52.4 Å². The maximum Gasteiger partial charge on any atom is 0.148 e. The van der Waals surface area contributed by atoms with E-state index in [1.165, 1.54) is 0 Å². The van der Waals surface area contributed by atoms with E-state index in [0.717, 1.165) is 65.3 Å². The molecule has 0 bridgehead atoms. The summed E-state index contributed by atoms with van der Waals surface area (Å²) < 4.78 is 0. The number of piperidine rings is 1. The Labute approximate surface area is 209 Å². The van der Waals surface area contributed by atoms with Gasteiger partial charge in [-0.05, 0) is 73.4 Å². The second-order valence-corrected chi connectivity index (χ2v) is 10.0. The summed E-state index contributed by atoms with van der Waals surface area (Å²) in [6, 6.07) is 13.9. The average molecular weight is 467 g/mol. The number of carbonyl (C=O) groups excluding carboxylic acids is 2. The van der Waals surface area contributed by atoms with Gasteiger partial charge in [-0.1, -0.05) is 49.4 Å². The summed E-state index contributed by atoms with van der Waals surface area (Å²) in [5, 5.41) is 3.32. The number of hydrogen-bond acceptors (Lipinski definition) is 4. The lowest BCUT2D eigenvalue weighted by molar-refractivity contribution is -0.138. The summed E-state index contributed by atoms with van der Waals surface area (Å²) >= 11 is 0. The first-order chi connectivity index (χ1) is 16.7. The van der Waals surface area contributed by atoms with E-state index in [2.05, 4.69) is 35.2 Å². The maximum absolute atomic E-state index is 13.4. The normalized spacial score (nSPS) is 17.6. The smallest absolute Gasteiger partial charge is 0.148 e. The lowest BCUT2D eigenvalue weighted by Gasteiger charge is -2.45. The van der Waals surface area contributed by atoms with E-state index in [1.807, 2.05) is 63.2 Å². The van der Waals surface area contributed by atoms with E-state index in [0.29, 0.717) is 12.8 Å². The molecule has 2 aromatic rings. The molecule has 35 heavy (non-hydrogen) atoms. The fraction of sp³-hybridized carbons (Fsp3) is 0.355. The van der Waals surface area contributed by atoms with Crippen LogP contribution in [0.2, 0.25) is 0 Å². The van der Waals surface area contributed by atoms with E-state index >= 15 is 0 Å². The van der Waals surface area contributed by atoms with Crippen LogP contribution >= 0.6 is 0 Å². The molecule has 180 valence electrons. The third kappa shape index (κ3) is 5.10. The third-order valence-electron chi connectivity index (χ3n) is 7.52. The number of Topliss-reactive ketones (excluding diaryl/α,β-unsaturated/α-hetero) is 2. The van der Waals surface area contributed by atoms with Crippen molar-refractivity contribution in [3.8, 4) is 11.8 Å². The highest BCUT2D eigenvalue weighted by Crippen LogP contribution is 2.47. The molecule has 0 radical (unpaired) electrons. The zero-order valence-corrected chi connectivity index (χ0v) is 21.0. The molecule has 0 unspecified atom stereocenters. The Kier molecular flexibility index (Phi) is 6.98. The minimum Gasteiger partial charge on any atom is -0.359 e. The highest BCUT2D eigenvalue weighted by atomic mass is 16.2. The number of benzene rings is 2. The molecule has 0 atom stereocenters. The van der Waals surface area contributed by atoms with E-state index in [1.54, 1.807) is 0 Å². The van der Waals surface area contributed by atoms with Crippen LogP contribution in [0.4, 0.5) is 0 Å². The van der Waals surface area contributed by atoms with Gasteiger partial charge in [0, 0.05) is 37.2 Å². The van der Waals surface area contributed by atoms with Crippen molar-refractivity contribution in [3.05, 3.63) is 89.3 Å². The van der Waals surface area contributed by atoms with Gasteiger partial charge in [-0.25, -0.2) is 0 Å². The fourth-order valence-electron chi connectivity index (χ4n) is 5.72. The summed E-state index contributed by atoms with van der Waals surface area (Å²) in [5.41, 5.74) is 5.34. The van der Waals surface area contributed by atoms with Crippen LogP contribution in [0.3, 0.4) is 0 Å². The van der Waals surface area contributed by atoms with Crippen molar-refractivity contribution in [3.63, 3.8) is 0 Å². The molecular weight excluding hydrogens is 432 g/mol. The van der Waals surface area contributed by atoms with Gasteiger partial charge in [0.15, 0.2) is 0 Å². The SMILES string of the molecule is C=C(NC(=C)N1CCC2(CC1)CC(=O)C(c1c(C)cc(C#CC)cc1C)C(=O)C2)c1ccccc1. The van der Waals surface area contributed by atoms with Crippen LogP contribution in [0, 0.1) is 31.1 Å². The van der Waals surface area contributed by atoms with Crippen molar-refractivity contribution < 1.29 is 9.59 Å². The number of nitrogens with zero attached hydrogens (tertiary/aromatic N) is 1. The third-order valence-corrected chi connectivity index (χ3v) is 7.52. The molecule has 4 heteroatoms. The number of ketones is 2. The van der Waals surface area contributed by atoms with Crippen LogP contribution in [0.15, 0.2) is 61.4 Å². The Hall–Kier alpha value is -3.58. The van der Waals surface area contributed by atoms with Gasteiger partial charge in [0.05, 0.1) is 5.82 Å². The lowest BCUT2D eigenvalue weighted by Crippen LogP contribution is -2.47. The van der Waals surface area contributed by atoms with E-state index in [4.69, 9.17) is 0 Å². The molecule has 1 aliphatic heterocycles. The summed E-state index contributed by atoms with van der Waals surface area (Å²) in [4.78, 5) is 29.0. The van der Waals surface area contributed by atoms with E-state index in [-0.39, 0.29) is 17.0 Å². The van der Waals surface area contributed by atoms with Crippen molar-refractivity contribution in [1.82, 2.24) is 10.2 Å². The van der Waals surface area contributed by atoms with Gasteiger partial charge in [0.25, 0.3) is 0 Å². The molecule has 1 aliphatic carbocycles. The number of hydrogen-bond donors (Lipinski definition) is 1. The molecule has 0 aromatic heterocycles. The minimum atomic E-state index is -0.645. The number of carbonyl (C=O) groups is 2. The number of nitrogens with one attached hydrogen (secondary N) is 1. The molecule has 4 rings (SSSR count). The average Bonchev–Trinajstić information content (AvgIpc) is 2.81. The molecule has 2 fully saturated rings. The Morgan fingerprint density at radius 2 is 1.57 bits per heavy atom. The topological polar surface area (TPSA) is 49.4 Å². The second kappa shape index (κ2) is 9.96. The molecule has 2 aromatic carbocycles. The van der Waals surface area contributed by atoms with Gasteiger partial charge in [-0.15, -0.1) is 5.92 Å². The zero-order valence-electron chi connectivity index (χ0n) is 21.0. The van der Waals surface area contributed by atoms with Crippen LogP contribution in [0.25, 0.3) is 5.70 Å². The molecule has 1 saturated heterocycles. The first-order valence-corrected chi connectivity index (χ1v) is 12.3. The summed E-state index contributed by atoms with van der Waals surface area (Å²) in [6.07, 6.45) is 2.53. The molecule has 1 saturated carbocycles. The largest absolute Gasteiger partial charge is 0.359 e. The van der Waals surface area contributed by atoms with Gasteiger partial charge >= 0.3 is 0 Å². The van der Waals surface area contributed by atoms with Crippen LogP contribution < -0.4 is 5.32 Å². The Morgan fingerprint density at radius 1 is 1.00 bits per heavy atom. The number of likely N-dealkylation sites (tertiary alicyclic amines) is 1. The Bertz CT molecular complexity index is 1190. The predicted molar refractivity (Wildman–Crippen MR) is 141 cm³/mol. The molecule has 2 aliphatic rings. The summed E-state index contributed by atoms with van der Waals surface area (Å²) in [5.74, 6) is 6.28. The first kappa shape index (κ1) is 24.5. The molecular formula is C31H34N2O2. The molecule has 1 heterocycles. The molecule has 1 N–H and O–H groups in total. The van der Waals surface area contributed by atoms with Crippen LogP contribution in [-0.4, -0.2) is 29.6 Å². The van der Waals surface area contributed by atoms with E-state index < -0.39 is 5.92 Å². The predicted octanol–water partition coefficient (Wildman–Crippen LogP) is 5.50. The van der Waals surface area contributed by atoms with Crippen LogP contribution in [0.5, 0.6) is 0 Å². The lowest BCUT2D eigenvalue weighted by atomic mass is 9.62. The van der Waals surface area contributed by atoms with Crippen LogP contribution in [0.1, 0.15) is 66.3 Å². The first-order valence-electron chi connectivity index (χ1n) is 12.3. The van der Waals surface area contributed by atoms with Gasteiger partial charge in [0.1, 0.15) is 17.5 Å². The zero-order chi connectivity index (χ0) is 25.2. The monoisotopic (exact) mass is 466 g/mol. The van der Waals surface area contributed by atoms with Gasteiger partial charge < -0.3 is 10.2 Å². The van der Waals surface area contributed by atoms with Gasteiger partial charge in [0.2, 0.25) is 0 Å². The Balaban J connectivity index is 1.42. The van der Waals surface area contributed by atoms with Gasteiger partial charge in [-0.3, -0.25) is 9.59 Å².